The minimum absolute atomic E-state index is 0.0919. The number of ether oxygens (including phenoxy) is 1. The van der Waals surface area contributed by atoms with E-state index in [1.165, 1.54) is 25.1 Å². The van der Waals surface area contributed by atoms with Gasteiger partial charge in [0.1, 0.15) is 24.8 Å². The maximum absolute atomic E-state index is 12.8. The molecular formula is C10H12F2O2. The monoisotopic (exact) mass is 202 g/mol. The highest BCUT2D eigenvalue weighted by atomic mass is 19.1. The van der Waals surface area contributed by atoms with Gasteiger partial charge in [-0.25, -0.2) is 8.78 Å². The van der Waals surface area contributed by atoms with Gasteiger partial charge in [0.05, 0.1) is 6.10 Å². The van der Waals surface area contributed by atoms with Gasteiger partial charge in [-0.3, -0.25) is 0 Å². The first-order valence-electron chi connectivity index (χ1n) is 4.31. The van der Waals surface area contributed by atoms with E-state index in [9.17, 15) is 13.9 Å². The standard InChI is InChI=1S/C10H12F2O2/c1-7(13)9-6-8(12)2-3-10(9)14-5-4-11/h2-3,6-7,13H,4-5H2,1H3. The number of hydrogen-bond acceptors (Lipinski definition) is 2. The SMILES string of the molecule is CC(O)c1cc(F)ccc1OCCF. The summed E-state index contributed by atoms with van der Waals surface area (Å²) in [5, 5.41) is 9.29. The summed E-state index contributed by atoms with van der Waals surface area (Å²) in [5.74, 6) is -0.132. The predicted molar refractivity (Wildman–Crippen MR) is 48.5 cm³/mol. The third-order valence-corrected chi connectivity index (χ3v) is 1.76. The van der Waals surface area contributed by atoms with Gasteiger partial charge in [-0.2, -0.15) is 0 Å². The van der Waals surface area contributed by atoms with Crippen molar-refractivity contribution in [2.75, 3.05) is 13.3 Å². The Morgan fingerprint density at radius 1 is 1.50 bits per heavy atom. The zero-order valence-corrected chi connectivity index (χ0v) is 7.84. The van der Waals surface area contributed by atoms with Crippen LogP contribution in [0, 0.1) is 5.82 Å². The minimum atomic E-state index is -0.833. The molecule has 4 heteroatoms. The van der Waals surface area contributed by atoms with Crippen molar-refractivity contribution in [3.05, 3.63) is 29.6 Å². The Morgan fingerprint density at radius 2 is 2.21 bits per heavy atom. The average Bonchev–Trinajstić information content (AvgIpc) is 2.15. The van der Waals surface area contributed by atoms with E-state index < -0.39 is 18.6 Å². The molecule has 0 amide bonds. The van der Waals surface area contributed by atoms with Crippen molar-refractivity contribution in [1.29, 1.82) is 0 Å². The summed E-state index contributed by atoms with van der Waals surface area (Å²) in [6.07, 6.45) is -0.833. The third-order valence-electron chi connectivity index (χ3n) is 1.76. The van der Waals surface area contributed by atoms with E-state index in [0.29, 0.717) is 11.3 Å². The average molecular weight is 202 g/mol. The maximum atomic E-state index is 12.8. The smallest absolute Gasteiger partial charge is 0.125 e. The second kappa shape index (κ2) is 4.91. The van der Waals surface area contributed by atoms with Crippen LogP contribution in [0.15, 0.2) is 18.2 Å². The van der Waals surface area contributed by atoms with Crippen molar-refractivity contribution in [1.82, 2.24) is 0 Å². The van der Waals surface area contributed by atoms with E-state index in [4.69, 9.17) is 4.74 Å². The summed E-state index contributed by atoms with van der Waals surface area (Å²) in [4.78, 5) is 0. The number of aliphatic hydroxyl groups is 1. The maximum Gasteiger partial charge on any atom is 0.125 e. The van der Waals surface area contributed by atoms with E-state index in [2.05, 4.69) is 0 Å². The molecule has 0 heterocycles. The molecule has 0 spiro atoms. The molecule has 1 rings (SSSR count). The van der Waals surface area contributed by atoms with Gasteiger partial charge in [0, 0.05) is 5.56 Å². The van der Waals surface area contributed by atoms with Gasteiger partial charge in [-0.15, -0.1) is 0 Å². The van der Waals surface area contributed by atoms with E-state index in [1.54, 1.807) is 0 Å². The molecule has 1 N–H and O–H groups in total. The van der Waals surface area contributed by atoms with Crippen LogP contribution < -0.4 is 4.74 Å². The summed E-state index contributed by atoms with van der Waals surface area (Å²) < 4.78 is 29.6. The molecule has 0 aromatic heterocycles. The lowest BCUT2D eigenvalue weighted by molar-refractivity contribution is 0.188. The lowest BCUT2D eigenvalue weighted by Gasteiger charge is -2.12. The van der Waals surface area contributed by atoms with Crippen LogP contribution >= 0.6 is 0 Å². The van der Waals surface area contributed by atoms with Crippen LogP contribution in [0.1, 0.15) is 18.6 Å². The van der Waals surface area contributed by atoms with Gasteiger partial charge in [0.15, 0.2) is 0 Å². The van der Waals surface area contributed by atoms with Crippen LogP contribution in [0.4, 0.5) is 8.78 Å². The highest BCUT2D eigenvalue weighted by Crippen LogP contribution is 2.25. The highest BCUT2D eigenvalue weighted by molar-refractivity contribution is 5.35. The minimum Gasteiger partial charge on any atom is -0.490 e. The first-order chi connectivity index (χ1) is 6.65. The Balaban J connectivity index is 2.90. The van der Waals surface area contributed by atoms with Gasteiger partial charge in [0.2, 0.25) is 0 Å². The molecule has 1 aromatic carbocycles. The Kier molecular flexibility index (Phi) is 3.83. The first kappa shape index (κ1) is 10.9. The zero-order chi connectivity index (χ0) is 10.6. The third kappa shape index (κ3) is 2.67. The van der Waals surface area contributed by atoms with E-state index >= 15 is 0 Å². The molecule has 0 saturated heterocycles. The molecule has 0 fully saturated rings. The molecule has 14 heavy (non-hydrogen) atoms. The molecule has 1 unspecified atom stereocenters. The summed E-state index contributed by atoms with van der Waals surface area (Å²) in [6, 6.07) is 3.77. The molecule has 0 saturated carbocycles. The largest absolute Gasteiger partial charge is 0.490 e. The number of alkyl halides is 1. The van der Waals surface area contributed by atoms with Crippen molar-refractivity contribution >= 4 is 0 Å². The lowest BCUT2D eigenvalue weighted by atomic mass is 10.1. The van der Waals surface area contributed by atoms with Crippen LogP contribution in [-0.2, 0) is 0 Å². The molecule has 0 aliphatic heterocycles. The van der Waals surface area contributed by atoms with Gasteiger partial charge in [-0.1, -0.05) is 0 Å². The second-order valence-corrected chi connectivity index (χ2v) is 2.90. The highest BCUT2D eigenvalue weighted by Gasteiger charge is 2.10. The summed E-state index contributed by atoms with van der Waals surface area (Å²) in [5.41, 5.74) is 0.332. The quantitative estimate of drug-likeness (QED) is 0.811. The molecule has 0 aliphatic rings. The van der Waals surface area contributed by atoms with Crippen molar-refractivity contribution in [2.45, 2.75) is 13.0 Å². The van der Waals surface area contributed by atoms with E-state index in [-0.39, 0.29) is 6.61 Å². The van der Waals surface area contributed by atoms with Crippen LogP contribution in [-0.4, -0.2) is 18.4 Å². The number of rotatable bonds is 4. The fourth-order valence-electron chi connectivity index (χ4n) is 1.13. The number of halogens is 2. The topological polar surface area (TPSA) is 29.5 Å². The van der Waals surface area contributed by atoms with E-state index in [0.717, 1.165) is 0 Å². The van der Waals surface area contributed by atoms with Gasteiger partial charge in [-0.05, 0) is 25.1 Å². The fourth-order valence-corrected chi connectivity index (χ4v) is 1.13. The predicted octanol–water partition coefficient (Wildman–Crippen LogP) is 2.23. The number of aliphatic hydroxyl groups excluding tert-OH is 1. The molecule has 0 aliphatic carbocycles. The van der Waals surface area contributed by atoms with Crippen LogP contribution in [0.5, 0.6) is 5.75 Å². The Morgan fingerprint density at radius 3 is 2.79 bits per heavy atom. The van der Waals surface area contributed by atoms with Crippen molar-refractivity contribution in [2.24, 2.45) is 0 Å². The lowest BCUT2D eigenvalue weighted by Crippen LogP contribution is -2.03. The molecule has 1 aromatic rings. The van der Waals surface area contributed by atoms with Crippen LogP contribution in [0.2, 0.25) is 0 Å². The molecule has 78 valence electrons. The summed E-state index contributed by atoms with van der Waals surface area (Å²) in [7, 11) is 0. The number of benzene rings is 1. The van der Waals surface area contributed by atoms with Crippen molar-refractivity contribution < 1.29 is 18.6 Å². The van der Waals surface area contributed by atoms with Gasteiger partial charge in [0.25, 0.3) is 0 Å². The summed E-state index contributed by atoms with van der Waals surface area (Å²) in [6.45, 7) is 0.791. The van der Waals surface area contributed by atoms with Gasteiger partial charge < -0.3 is 9.84 Å². The van der Waals surface area contributed by atoms with Crippen molar-refractivity contribution in [3.8, 4) is 5.75 Å². The van der Waals surface area contributed by atoms with Crippen LogP contribution in [0.3, 0.4) is 0 Å². The normalized spacial score (nSPS) is 12.6. The van der Waals surface area contributed by atoms with Crippen LogP contribution in [0.25, 0.3) is 0 Å². The molecule has 1 atom stereocenters. The van der Waals surface area contributed by atoms with Crippen molar-refractivity contribution in [3.63, 3.8) is 0 Å². The molecule has 0 radical (unpaired) electrons. The zero-order valence-electron chi connectivity index (χ0n) is 7.84. The molecule has 0 bridgehead atoms. The Bertz CT molecular complexity index is 300. The van der Waals surface area contributed by atoms with E-state index in [1.807, 2.05) is 0 Å². The fraction of sp³-hybridized carbons (Fsp3) is 0.400. The van der Waals surface area contributed by atoms with Gasteiger partial charge >= 0.3 is 0 Å². The Hall–Kier alpha value is -1.16. The number of hydrogen-bond donors (Lipinski definition) is 1. The first-order valence-corrected chi connectivity index (χ1v) is 4.31. The second-order valence-electron chi connectivity index (χ2n) is 2.90. The summed E-state index contributed by atoms with van der Waals surface area (Å²) >= 11 is 0. The molecule has 2 nitrogen and oxygen atoms in total. The molecular weight excluding hydrogens is 190 g/mol. The Labute approximate surface area is 81.1 Å².